The Labute approximate surface area is 111 Å². The molecule has 0 saturated heterocycles. The van der Waals surface area contributed by atoms with Crippen molar-refractivity contribution in [1.82, 2.24) is 10.3 Å². The van der Waals surface area contributed by atoms with E-state index in [1.807, 2.05) is 42.6 Å². The molecule has 0 bridgehead atoms. The molecule has 1 amide bonds. The highest BCUT2D eigenvalue weighted by molar-refractivity contribution is 7.09. The predicted octanol–water partition coefficient (Wildman–Crippen LogP) is 2.70. The number of rotatable bonds is 5. The van der Waals surface area contributed by atoms with E-state index in [0.29, 0.717) is 13.0 Å². The highest BCUT2D eigenvalue weighted by atomic mass is 32.1. The average Bonchev–Trinajstić information content (AvgIpc) is 2.81. The molecule has 2 rings (SSSR count). The lowest BCUT2D eigenvalue weighted by molar-refractivity contribution is -0.121. The van der Waals surface area contributed by atoms with Crippen molar-refractivity contribution in [1.29, 1.82) is 0 Å². The van der Waals surface area contributed by atoms with Crippen LogP contribution in [-0.2, 0) is 17.8 Å². The molecule has 0 unspecified atom stereocenters. The monoisotopic (exact) mass is 260 g/mol. The van der Waals surface area contributed by atoms with Crippen LogP contribution < -0.4 is 5.32 Å². The van der Waals surface area contributed by atoms with E-state index in [9.17, 15) is 4.79 Å². The molecule has 18 heavy (non-hydrogen) atoms. The number of benzene rings is 1. The molecule has 0 aliphatic heterocycles. The highest BCUT2D eigenvalue weighted by Gasteiger charge is 2.04. The zero-order chi connectivity index (χ0) is 12.8. The first kappa shape index (κ1) is 12.8. The molecule has 1 aromatic carbocycles. The summed E-state index contributed by atoms with van der Waals surface area (Å²) >= 11 is 1.61. The Morgan fingerprint density at radius 1 is 1.33 bits per heavy atom. The van der Waals surface area contributed by atoms with Gasteiger partial charge in [0, 0.05) is 30.5 Å². The molecule has 94 valence electrons. The topological polar surface area (TPSA) is 42.0 Å². The van der Waals surface area contributed by atoms with Crippen molar-refractivity contribution >= 4 is 17.2 Å². The van der Waals surface area contributed by atoms with Crippen molar-refractivity contribution in [3.05, 3.63) is 52.0 Å². The SMILES string of the molecule is Cc1csc(CCC(=O)NCc2ccccc2)n1. The molecule has 3 nitrogen and oxygen atoms in total. The zero-order valence-corrected chi connectivity index (χ0v) is 11.2. The van der Waals surface area contributed by atoms with Gasteiger partial charge >= 0.3 is 0 Å². The molecule has 0 fully saturated rings. The number of amides is 1. The second-order valence-corrected chi connectivity index (χ2v) is 5.09. The van der Waals surface area contributed by atoms with E-state index in [4.69, 9.17) is 0 Å². The lowest BCUT2D eigenvalue weighted by Gasteiger charge is -2.04. The fraction of sp³-hybridized carbons (Fsp3) is 0.286. The van der Waals surface area contributed by atoms with Gasteiger partial charge < -0.3 is 5.32 Å². The number of thiazole rings is 1. The van der Waals surface area contributed by atoms with Crippen molar-refractivity contribution in [2.24, 2.45) is 0 Å². The van der Waals surface area contributed by atoms with E-state index < -0.39 is 0 Å². The van der Waals surface area contributed by atoms with Crippen LogP contribution in [0.4, 0.5) is 0 Å². The van der Waals surface area contributed by atoms with E-state index in [1.54, 1.807) is 11.3 Å². The number of hydrogen-bond acceptors (Lipinski definition) is 3. The van der Waals surface area contributed by atoms with E-state index in [-0.39, 0.29) is 5.91 Å². The van der Waals surface area contributed by atoms with Gasteiger partial charge in [0.15, 0.2) is 0 Å². The van der Waals surface area contributed by atoms with E-state index in [0.717, 1.165) is 22.7 Å². The van der Waals surface area contributed by atoms with Crippen LogP contribution in [-0.4, -0.2) is 10.9 Å². The van der Waals surface area contributed by atoms with E-state index in [2.05, 4.69) is 10.3 Å². The number of carbonyl (C=O) groups is 1. The molecule has 0 atom stereocenters. The van der Waals surface area contributed by atoms with Crippen molar-refractivity contribution in [3.63, 3.8) is 0 Å². The summed E-state index contributed by atoms with van der Waals surface area (Å²) in [4.78, 5) is 16.0. The number of aryl methyl sites for hydroxylation is 2. The van der Waals surface area contributed by atoms with Gasteiger partial charge in [-0.05, 0) is 12.5 Å². The molecule has 0 aliphatic rings. The maximum absolute atomic E-state index is 11.7. The standard InChI is InChI=1S/C14H16N2OS/c1-11-10-18-14(16-11)8-7-13(17)15-9-12-5-3-2-4-6-12/h2-6,10H,7-9H2,1H3,(H,15,17). The van der Waals surface area contributed by atoms with Crippen LogP contribution in [0.25, 0.3) is 0 Å². The third-order valence-corrected chi connectivity index (χ3v) is 3.59. The Morgan fingerprint density at radius 2 is 2.11 bits per heavy atom. The number of carbonyl (C=O) groups excluding carboxylic acids is 1. The number of nitrogens with one attached hydrogen (secondary N) is 1. The Morgan fingerprint density at radius 3 is 2.78 bits per heavy atom. The summed E-state index contributed by atoms with van der Waals surface area (Å²) in [5.74, 6) is 0.0757. The second-order valence-electron chi connectivity index (χ2n) is 4.14. The Hall–Kier alpha value is -1.68. The summed E-state index contributed by atoms with van der Waals surface area (Å²) in [6.07, 6.45) is 1.22. The Bertz CT molecular complexity index is 508. The molecule has 1 heterocycles. The molecule has 1 N–H and O–H groups in total. The van der Waals surface area contributed by atoms with Gasteiger partial charge in [-0.15, -0.1) is 11.3 Å². The van der Waals surface area contributed by atoms with Crippen LogP contribution in [0.15, 0.2) is 35.7 Å². The summed E-state index contributed by atoms with van der Waals surface area (Å²) in [6.45, 7) is 2.56. The van der Waals surface area contributed by atoms with Gasteiger partial charge in [0.2, 0.25) is 5.91 Å². The number of aromatic nitrogens is 1. The smallest absolute Gasteiger partial charge is 0.220 e. The maximum atomic E-state index is 11.7. The lowest BCUT2D eigenvalue weighted by Crippen LogP contribution is -2.22. The van der Waals surface area contributed by atoms with Gasteiger partial charge in [0.1, 0.15) is 0 Å². The molecule has 0 radical (unpaired) electrons. The normalized spacial score (nSPS) is 10.3. The van der Waals surface area contributed by atoms with Crippen LogP contribution in [0.2, 0.25) is 0 Å². The Kier molecular flexibility index (Phi) is 4.47. The third-order valence-electron chi connectivity index (χ3n) is 2.57. The molecule has 2 aromatic rings. The van der Waals surface area contributed by atoms with Gasteiger partial charge in [-0.1, -0.05) is 30.3 Å². The van der Waals surface area contributed by atoms with Gasteiger partial charge in [-0.3, -0.25) is 4.79 Å². The summed E-state index contributed by atoms with van der Waals surface area (Å²) in [7, 11) is 0. The minimum atomic E-state index is 0.0757. The number of nitrogens with zero attached hydrogens (tertiary/aromatic N) is 1. The largest absolute Gasteiger partial charge is 0.352 e. The van der Waals surface area contributed by atoms with E-state index >= 15 is 0 Å². The Balaban J connectivity index is 1.73. The second kappa shape index (κ2) is 6.31. The molecular formula is C14H16N2OS. The van der Waals surface area contributed by atoms with Crippen LogP contribution >= 0.6 is 11.3 Å². The molecule has 0 aliphatic carbocycles. The first-order chi connectivity index (χ1) is 8.74. The van der Waals surface area contributed by atoms with Gasteiger partial charge in [0.05, 0.1) is 5.01 Å². The third kappa shape index (κ3) is 3.96. The minimum absolute atomic E-state index is 0.0757. The van der Waals surface area contributed by atoms with Gasteiger partial charge in [0.25, 0.3) is 0 Å². The van der Waals surface area contributed by atoms with Crippen LogP contribution in [0.5, 0.6) is 0 Å². The molecule has 4 heteroatoms. The van der Waals surface area contributed by atoms with Gasteiger partial charge in [-0.2, -0.15) is 0 Å². The van der Waals surface area contributed by atoms with Crippen LogP contribution in [0.3, 0.4) is 0 Å². The van der Waals surface area contributed by atoms with Gasteiger partial charge in [-0.25, -0.2) is 4.98 Å². The summed E-state index contributed by atoms with van der Waals surface area (Å²) in [6, 6.07) is 9.92. The summed E-state index contributed by atoms with van der Waals surface area (Å²) < 4.78 is 0. The summed E-state index contributed by atoms with van der Waals surface area (Å²) in [5, 5.41) is 5.95. The van der Waals surface area contributed by atoms with Crippen molar-refractivity contribution < 1.29 is 4.79 Å². The zero-order valence-electron chi connectivity index (χ0n) is 10.3. The average molecular weight is 260 g/mol. The fourth-order valence-corrected chi connectivity index (χ4v) is 2.40. The predicted molar refractivity (Wildman–Crippen MR) is 73.5 cm³/mol. The molecule has 1 aromatic heterocycles. The molecular weight excluding hydrogens is 244 g/mol. The fourth-order valence-electron chi connectivity index (χ4n) is 1.62. The minimum Gasteiger partial charge on any atom is -0.352 e. The van der Waals surface area contributed by atoms with Crippen LogP contribution in [0, 0.1) is 6.92 Å². The first-order valence-corrected chi connectivity index (χ1v) is 6.83. The quantitative estimate of drug-likeness (QED) is 0.898. The maximum Gasteiger partial charge on any atom is 0.220 e. The molecule has 0 saturated carbocycles. The van der Waals surface area contributed by atoms with Crippen LogP contribution in [0.1, 0.15) is 22.7 Å². The van der Waals surface area contributed by atoms with Crippen molar-refractivity contribution in [3.8, 4) is 0 Å². The van der Waals surface area contributed by atoms with E-state index in [1.165, 1.54) is 0 Å². The lowest BCUT2D eigenvalue weighted by atomic mass is 10.2. The first-order valence-electron chi connectivity index (χ1n) is 5.95. The van der Waals surface area contributed by atoms with Crippen molar-refractivity contribution in [2.75, 3.05) is 0 Å². The highest BCUT2D eigenvalue weighted by Crippen LogP contribution is 2.10. The summed E-state index contributed by atoms with van der Waals surface area (Å²) in [5.41, 5.74) is 2.15. The number of hydrogen-bond donors (Lipinski definition) is 1. The van der Waals surface area contributed by atoms with Crippen molar-refractivity contribution in [2.45, 2.75) is 26.3 Å². The molecule has 0 spiro atoms.